The lowest BCUT2D eigenvalue weighted by Gasteiger charge is -2.11. The normalized spacial score (nSPS) is 11.6. The minimum atomic E-state index is -3.73. The standard InChI is InChI=1S/C26H25FN6O4S2/c1-36-21-9-8-19(16-22(21)37-2)39(34,35)30-12-3-11-28-25-29-13-10-20(31-25)24-23(17-4-6-18(27)7-5-17)32-26-33(24)14-15-38-26/h4-10,13-16,30H,3,11-12H2,1-2H3,(H,28,29,31). The van der Waals surface area contributed by atoms with E-state index in [-0.39, 0.29) is 17.3 Å². The van der Waals surface area contributed by atoms with Gasteiger partial charge in [0.2, 0.25) is 16.0 Å². The predicted octanol–water partition coefficient (Wildman–Crippen LogP) is 4.46. The van der Waals surface area contributed by atoms with Crippen LogP contribution in [0.1, 0.15) is 6.42 Å². The number of aromatic nitrogens is 4. The van der Waals surface area contributed by atoms with E-state index in [4.69, 9.17) is 14.5 Å². The van der Waals surface area contributed by atoms with Crippen molar-refractivity contribution in [2.75, 3.05) is 32.6 Å². The second-order valence-corrected chi connectivity index (χ2v) is 11.0. The summed E-state index contributed by atoms with van der Waals surface area (Å²) < 4.78 is 53.8. The average Bonchev–Trinajstić information content (AvgIpc) is 3.54. The summed E-state index contributed by atoms with van der Waals surface area (Å²) in [6.45, 7) is 0.638. The Morgan fingerprint density at radius 1 is 1.00 bits per heavy atom. The van der Waals surface area contributed by atoms with Crippen LogP contribution in [0.4, 0.5) is 10.3 Å². The third-order valence-electron chi connectivity index (χ3n) is 5.87. The molecule has 0 aliphatic heterocycles. The number of nitrogens with one attached hydrogen (secondary N) is 2. The molecule has 0 fully saturated rings. The Hall–Kier alpha value is -4.07. The molecule has 0 amide bonds. The Morgan fingerprint density at radius 3 is 2.56 bits per heavy atom. The number of rotatable bonds is 11. The molecule has 5 rings (SSSR count). The number of anilines is 1. The highest BCUT2D eigenvalue weighted by Gasteiger charge is 2.19. The van der Waals surface area contributed by atoms with E-state index < -0.39 is 10.0 Å². The average molecular weight is 569 g/mol. The van der Waals surface area contributed by atoms with Crippen molar-refractivity contribution in [3.63, 3.8) is 0 Å². The summed E-state index contributed by atoms with van der Waals surface area (Å²) in [7, 11) is -0.791. The molecule has 0 atom stereocenters. The van der Waals surface area contributed by atoms with Crippen molar-refractivity contribution < 1.29 is 22.3 Å². The van der Waals surface area contributed by atoms with Crippen molar-refractivity contribution in [2.45, 2.75) is 11.3 Å². The molecule has 0 unspecified atom stereocenters. The molecule has 3 aromatic heterocycles. The molecular weight excluding hydrogens is 543 g/mol. The predicted molar refractivity (Wildman–Crippen MR) is 147 cm³/mol. The van der Waals surface area contributed by atoms with Crippen LogP contribution < -0.4 is 19.5 Å². The van der Waals surface area contributed by atoms with Crippen molar-refractivity contribution in [2.24, 2.45) is 0 Å². The fraction of sp³-hybridized carbons (Fsp3) is 0.192. The van der Waals surface area contributed by atoms with Crippen molar-refractivity contribution in [3.8, 4) is 34.1 Å². The van der Waals surface area contributed by atoms with Gasteiger partial charge < -0.3 is 14.8 Å². The molecule has 0 aliphatic carbocycles. The van der Waals surface area contributed by atoms with Crippen LogP contribution in [0.2, 0.25) is 0 Å². The third kappa shape index (κ3) is 5.70. The minimum Gasteiger partial charge on any atom is -0.493 e. The molecule has 0 spiro atoms. The van der Waals surface area contributed by atoms with Gasteiger partial charge in [0, 0.05) is 42.5 Å². The number of benzene rings is 2. The molecule has 0 radical (unpaired) electrons. The van der Waals surface area contributed by atoms with Crippen LogP contribution >= 0.6 is 11.3 Å². The van der Waals surface area contributed by atoms with E-state index >= 15 is 0 Å². The first-order chi connectivity index (χ1) is 18.9. The number of halogens is 1. The first kappa shape index (κ1) is 26.5. The number of thiazole rings is 1. The van der Waals surface area contributed by atoms with Crippen LogP contribution in [-0.4, -0.2) is 55.1 Å². The number of ether oxygens (including phenoxy) is 2. The highest BCUT2D eigenvalue weighted by molar-refractivity contribution is 7.89. The number of hydrogen-bond acceptors (Lipinski definition) is 9. The number of sulfonamides is 1. The van der Waals surface area contributed by atoms with Gasteiger partial charge in [-0.25, -0.2) is 32.5 Å². The van der Waals surface area contributed by atoms with E-state index in [9.17, 15) is 12.8 Å². The molecule has 10 nitrogen and oxygen atoms in total. The number of hydrogen-bond donors (Lipinski definition) is 2. The number of nitrogens with zero attached hydrogens (tertiary/aromatic N) is 4. The van der Waals surface area contributed by atoms with Crippen LogP contribution in [-0.2, 0) is 10.0 Å². The molecule has 5 aromatic rings. The van der Waals surface area contributed by atoms with Gasteiger partial charge in [-0.15, -0.1) is 11.3 Å². The van der Waals surface area contributed by atoms with Crippen molar-refractivity contribution in [1.82, 2.24) is 24.1 Å². The van der Waals surface area contributed by atoms with E-state index in [1.54, 1.807) is 30.5 Å². The first-order valence-electron chi connectivity index (χ1n) is 11.9. The summed E-state index contributed by atoms with van der Waals surface area (Å²) in [5, 5.41) is 5.08. The largest absolute Gasteiger partial charge is 0.493 e. The van der Waals surface area contributed by atoms with Crippen LogP contribution in [0.3, 0.4) is 0 Å². The third-order valence-corrected chi connectivity index (χ3v) is 8.09. The Labute approximate surface area is 228 Å². The molecule has 0 saturated heterocycles. The highest BCUT2D eigenvalue weighted by atomic mass is 32.2. The molecule has 13 heteroatoms. The Balaban J connectivity index is 1.25. The number of fused-ring (bicyclic) bond motifs is 1. The Morgan fingerprint density at radius 2 is 1.79 bits per heavy atom. The topological polar surface area (TPSA) is 120 Å². The highest BCUT2D eigenvalue weighted by Crippen LogP contribution is 2.34. The molecule has 0 aliphatic rings. The fourth-order valence-corrected chi connectivity index (χ4v) is 5.78. The Bertz CT molecular complexity index is 1700. The van der Waals surface area contributed by atoms with Crippen LogP contribution in [0, 0.1) is 5.82 Å². The summed E-state index contributed by atoms with van der Waals surface area (Å²) in [6, 6.07) is 12.4. The molecule has 202 valence electrons. The van der Waals surface area contributed by atoms with Crippen molar-refractivity contribution in [3.05, 3.63) is 72.1 Å². The van der Waals surface area contributed by atoms with Gasteiger partial charge >= 0.3 is 0 Å². The summed E-state index contributed by atoms with van der Waals surface area (Å²) in [5.74, 6) is 0.856. The number of methoxy groups -OCH3 is 2. The second-order valence-electron chi connectivity index (χ2n) is 8.33. The fourth-order valence-electron chi connectivity index (χ4n) is 3.98. The Kier molecular flexibility index (Phi) is 7.72. The zero-order valence-corrected chi connectivity index (χ0v) is 22.7. The van der Waals surface area contributed by atoms with Crippen LogP contribution in [0.25, 0.3) is 27.6 Å². The summed E-state index contributed by atoms with van der Waals surface area (Å²) >= 11 is 1.49. The van der Waals surface area contributed by atoms with Gasteiger partial charge in [-0.1, -0.05) is 0 Å². The van der Waals surface area contributed by atoms with Gasteiger partial charge in [0.15, 0.2) is 16.5 Å². The first-order valence-corrected chi connectivity index (χ1v) is 14.3. The van der Waals surface area contributed by atoms with Gasteiger partial charge in [0.05, 0.1) is 30.5 Å². The molecule has 0 saturated carbocycles. The quantitative estimate of drug-likeness (QED) is 0.224. The maximum atomic E-state index is 13.5. The maximum absolute atomic E-state index is 13.5. The van der Waals surface area contributed by atoms with Gasteiger partial charge in [0.25, 0.3) is 0 Å². The minimum absolute atomic E-state index is 0.0849. The summed E-state index contributed by atoms with van der Waals surface area (Å²) in [6.07, 6.45) is 4.04. The van der Waals surface area contributed by atoms with E-state index in [1.165, 1.54) is 49.8 Å². The van der Waals surface area contributed by atoms with E-state index in [1.807, 2.05) is 16.0 Å². The molecule has 2 aromatic carbocycles. The van der Waals surface area contributed by atoms with E-state index in [0.717, 1.165) is 16.2 Å². The monoisotopic (exact) mass is 568 g/mol. The van der Waals surface area contributed by atoms with Gasteiger partial charge in [-0.2, -0.15) is 0 Å². The summed E-state index contributed by atoms with van der Waals surface area (Å²) in [4.78, 5) is 14.6. The lowest BCUT2D eigenvalue weighted by Crippen LogP contribution is -2.26. The summed E-state index contributed by atoms with van der Waals surface area (Å²) in [5.41, 5.74) is 2.88. The lowest BCUT2D eigenvalue weighted by atomic mass is 10.1. The molecule has 39 heavy (non-hydrogen) atoms. The smallest absolute Gasteiger partial charge is 0.240 e. The van der Waals surface area contributed by atoms with E-state index in [2.05, 4.69) is 20.0 Å². The zero-order valence-electron chi connectivity index (χ0n) is 21.1. The molecule has 0 bridgehead atoms. The van der Waals surface area contributed by atoms with Crippen LogP contribution in [0.5, 0.6) is 11.5 Å². The molecule has 3 heterocycles. The van der Waals surface area contributed by atoms with Gasteiger partial charge in [0.1, 0.15) is 11.5 Å². The van der Waals surface area contributed by atoms with E-state index in [0.29, 0.717) is 41.8 Å². The molecule has 2 N–H and O–H groups in total. The van der Waals surface area contributed by atoms with Crippen LogP contribution in [0.15, 0.2) is 71.2 Å². The SMILES string of the molecule is COc1ccc(S(=O)(=O)NCCCNc2nccc(-c3c(-c4ccc(F)cc4)nc4sccn34)n2)cc1OC. The maximum Gasteiger partial charge on any atom is 0.240 e. The molecular formula is C26H25FN6O4S2. The number of imidazole rings is 1. The van der Waals surface area contributed by atoms with Gasteiger partial charge in [-0.05, 0) is 48.9 Å². The zero-order chi connectivity index (χ0) is 27.4. The second kappa shape index (κ2) is 11.4. The lowest BCUT2D eigenvalue weighted by molar-refractivity contribution is 0.354. The van der Waals surface area contributed by atoms with Crippen molar-refractivity contribution >= 4 is 32.3 Å². The van der Waals surface area contributed by atoms with Gasteiger partial charge in [-0.3, -0.25) is 4.40 Å². The van der Waals surface area contributed by atoms with Crippen molar-refractivity contribution in [1.29, 1.82) is 0 Å².